The largest absolute Gasteiger partial charge is 0.507 e. The Morgan fingerprint density at radius 2 is 1.75 bits per heavy atom. The SMILES string of the molecule is COc1ccc([C@H]2C(=C(O)c3ccc4c(c3)C[C@H](C)O4)C(=O)C(=O)N2Cc2ccccc2)cc1OC. The molecule has 1 saturated heterocycles. The Balaban J connectivity index is 1.65. The highest BCUT2D eigenvalue weighted by Gasteiger charge is 2.46. The molecule has 1 fully saturated rings. The number of aliphatic hydroxyl groups excluding tert-OH is 1. The fourth-order valence-corrected chi connectivity index (χ4v) is 4.92. The lowest BCUT2D eigenvalue weighted by Gasteiger charge is -2.26. The fraction of sp³-hybridized carbons (Fsp3) is 0.241. The number of ether oxygens (including phenoxy) is 3. The molecule has 7 heteroatoms. The van der Waals surface area contributed by atoms with Gasteiger partial charge in [0.25, 0.3) is 11.7 Å². The molecule has 5 rings (SSSR count). The molecule has 0 radical (unpaired) electrons. The van der Waals surface area contributed by atoms with Crippen LogP contribution in [-0.2, 0) is 22.6 Å². The van der Waals surface area contributed by atoms with Gasteiger partial charge in [-0.3, -0.25) is 9.59 Å². The van der Waals surface area contributed by atoms with Crippen molar-refractivity contribution >= 4 is 17.4 Å². The van der Waals surface area contributed by atoms with E-state index >= 15 is 0 Å². The van der Waals surface area contributed by atoms with Crippen molar-refractivity contribution in [1.82, 2.24) is 4.90 Å². The van der Waals surface area contributed by atoms with Gasteiger partial charge in [-0.1, -0.05) is 36.4 Å². The second-order valence-electron chi connectivity index (χ2n) is 8.98. The summed E-state index contributed by atoms with van der Waals surface area (Å²) in [7, 11) is 3.06. The van der Waals surface area contributed by atoms with E-state index in [1.165, 1.54) is 19.1 Å². The van der Waals surface area contributed by atoms with Gasteiger partial charge in [0.2, 0.25) is 0 Å². The first-order valence-corrected chi connectivity index (χ1v) is 11.8. The topological polar surface area (TPSA) is 85.3 Å². The molecule has 1 amide bonds. The molecule has 2 heterocycles. The molecule has 0 unspecified atom stereocenters. The summed E-state index contributed by atoms with van der Waals surface area (Å²) in [6.07, 6.45) is 0.748. The molecule has 0 saturated carbocycles. The van der Waals surface area contributed by atoms with E-state index in [-0.39, 0.29) is 24.0 Å². The Morgan fingerprint density at radius 1 is 1.00 bits per heavy atom. The summed E-state index contributed by atoms with van der Waals surface area (Å²) in [5.41, 5.74) is 2.95. The molecule has 3 aromatic carbocycles. The van der Waals surface area contributed by atoms with E-state index < -0.39 is 17.7 Å². The first kappa shape index (κ1) is 23.5. The zero-order valence-electron chi connectivity index (χ0n) is 20.4. The number of Topliss-reactive ketones (excluding diaryl/α,β-unsaturated/α-hetero) is 1. The van der Waals surface area contributed by atoms with Crippen LogP contribution in [0, 0.1) is 0 Å². The van der Waals surface area contributed by atoms with Gasteiger partial charge in [0.1, 0.15) is 17.6 Å². The van der Waals surface area contributed by atoms with E-state index in [1.54, 1.807) is 30.3 Å². The molecule has 0 bridgehead atoms. The van der Waals surface area contributed by atoms with Crippen LogP contribution in [0.5, 0.6) is 17.2 Å². The maximum absolute atomic E-state index is 13.4. The van der Waals surface area contributed by atoms with Crippen LogP contribution < -0.4 is 14.2 Å². The number of benzene rings is 3. The Kier molecular flexibility index (Phi) is 6.14. The average Bonchev–Trinajstić information content (AvgIpc) is 3.39. The number of rotatable bonds is 6. The summed E-state index contributed by atoms with van der Waals surface area (Å²) in [6, 6.07) is 19.2. The van der Waals surface area contributed by atoms with Crippen molar-refractivity contribution < 1.29 is 28.9 Å². The third-order valence-corrected chi connectivity index (χ3v) is 6.63. The van der Waals surface area contributed by atoms with Crippen LogP contribution in [0.15, 0.2) is 72.3 Å². The van der Waals surface area contributed by atoms with E-state index in [2.05, 4.69) is 0 Å². The minimum absolute atomic E-state index is 0.0371. The Bertz CT molecular complexity index is 1360. The summed E-state index contributed by atoms with van der Waals surface area (Å²) in [6.45, 7) is 2.18. The Morgan fingerprint density at radius 3 is 2.47 bits per heavy atom. The van der Waals surface area contributed by atoms with Crippen molar-refractivity contribution in [3.8, 4) is 17.2 Å². The maximum atomic E-state index is 13.4. The number of aliphatic hydroxyl groups is 1. The molecule has 1 N–H and O–H groups in total. The molecule has 184 valence electrons. The van der Waals surface area contributed by atoms with Gasteiger partial charge >= 0.3 is 0 Å². The number of methoxy groups -OCH3 is 2. The first-order chi connectivity index (χ1) is 17.4. The van der Waals surface area contributed by atoms with E-state index in [4.69, 9.17) is 14.2 Å². The monoisotopic (exact) mass is 485 g/mol. The van der Waals surface area contributed by atoms with Gasteiger partial charge in [-0.05, 0) is 53.9 Å². The van der Waals surface area contributed by atoms with Crippen LogP contribution in [0.2, 0.25) is 0 Å². The molecule has 2 aliphatic rings. The third kappa shape index (κ3) is 4.06. The number of fused-ring (bicyclic) bond motifs is 1. The van der Waals surface area contributed by atoms with Crippen LogP contribution in [0.3, 0.4) is 0 Å². The van der Waals surface area contributed by atoms with Crippen molar-refractivity contribution in [2.75, 3.05) is 14.2 Å². The van der Waals surface area contributed by atoms with Gasteiger partial charge in [0, 0.05) is 18.5 Å². The van der Waals surface area contributed by atoms with Crippen LogP contribution in [-0.4, -0.2) is 42.0 Å². The number of carbonyl (C=O) groups is 2. The predicted octanol–water partition coefficient (Wildman–Crippen LogP) is 4.65. The van der Waals surface area contributed by atoms with Gasteiger partial charge in [-0.15, -0.1) is 0 Å². The second kappa shape index (κ2) is 9.41. The molecule has 0 aromatic heterocycles. The number of likely N-dealkylation sites (tertiary alicyclic amines) is 1. The van der Waals surface area contributed by atoms with Crippen molar-refractivity contribution in [2.45, 2.75) is 32.0 Å². The highest BCUT2D eigenvalue weighted by molar-refractivity contribution is 6.46. The second-order valence-corrected chi connectivity index (χ2v) is 8.98. The number of hydrogen-bond donors (Lipinski definition) is 1. The number of hydrogen-bond acceptors (Lipinski definition) is 6. The molecule has 7 nitrogen and oxygen atoms in total. The summed E-state index contributed by atoms with van der Waals surface area (Å²) in [5, 5.41) is 11.4. The lowest BCUT2D eigenvalue weighted by molar-refractivity contribution is -0.140. The van der Waals surface area contributed by atoms with Crippen molar-refractivity contribution in [2.24, 2.45) is 0 Å². The Hall–Kier alpha value is -4.26. The van der Waals surface area contributed by atoms with Crippen LogP contribution >= 0.6 is 0 Å². The molecule has 0 spiro atoms. The van der Waals surface area contributed by atoms with Gasteiger partial charge in [-0.2, -0.15) is 0 Å². The van der Waals surface area contributed by atoms with Gasteiger partial charge in [0.05, 0.1) is 25.8 Å². The van der Waals surface area contributed by atoms with E-state index in [0.29, 0.717) is 29.0 Å². The zero-order valence-corrected chi connectivity index (χ0v) is 20.4. The summed E-state index contributed by atoms with van der Waals surface area (Å²) < 4.78 is 16.6. The van der Waals surface area contributed by atoms with E-state index in [1.807, 2.05) is 43.3 Å². The zero-order chi connectivity index (χ0) is 25.4. The number of amides is 1. The predicted molar refractivity (Wildman–Crippen MR) is 134 cm³/mol. The quantitative estimate of drug-likeness (QED) is 0.311. The third-order valence-electron chi connectivity index (χ3n) is 6.63. The van der Waals surface area contributed by atoms with Gasteiger partial charge in [-0.25, -0.2) is 0 Å². The molecule has 3 aromatic rings. The number of nitrogens with zero attached hydrogens (tertiary/aromatic N) is 1. The molecule has 2 atom stereocenters. The van der Waals surface area contributed by atoms with Gasteiger partial charge in [0.15, 0.2) is 11.5 Å². The van der Waals surface area contributed by atoms with E-state index in [0.717, 1.165) is 16.9 Å². The maximum Gasteiger partial charge on any atom is 0.295 e. The summed E-state index contributed by atoms with van der Waals surface area (Å²) in [4.78, 5) is 28.2. The first-order valence-electron chi connectivity index (χ1n) is 11.8. The van der Waals surface area contributed by atoms with Crippen LogP contribution in [0.1, 0.15) is 35.2 Å². The van der Waals surface area contributed by atoms with Crippen LogP contribution in [0.4, 0.5) is 0 Å². The lowest BCUT2D eigenvalue weighted by Crippen LogP contribution is -2.29. The fourth-order valence-electron chi connectivity index (χ4n) is 4.92. The standard InChI is InChI=1S/C29H27NO6/c1-17-13-21-14-20(10-11-22(21)36-17)27(31)25-26(19-9-12-23(34-2)24(15-19)35-3)30(29(33)28(25)32)16-18-7-5-4-6-8-18/h4-12,14-15,17,26,31H,13,16H2,1-3H3/t17-,26-/m0/s1. The van der Waals surface area contributed by atoms with Crippen molar-refractivity contribution in [1.29, 1.82) is 0 Å². The minimum Gasteiger partial charge on any atom is -0.507 e. The van der Waals surface area contributed by atoms with Crippen molar-refractivity contribution in [3.05, 3.63) is 94.6 Å². The normalized spacial score (nSPS) is 20.2. The summed E-state index contributed by atoms with van der Waals surface area (Å²) >= 11 is 0. The van der Waals surface area contributed by atoms with Crippen molar-refractivity contribution in [3.63, 3.8) is 0 Å². The Labute approximate surface area is 209 Å². The molecule has 2 aliphatic heterocycles. The molecule has 36 heavy (non-hydrogen) atoms. The van der Waals surface area contributed by atoms with Gasteiger partial charge < -0.3 is 24.2 Å². The van der Waals surface area contributed by atoms with Crippen LogP contribution in [0.25, 0.3) is 5.76 Å². The lowest BCUT2D eigenvalue weighted by atomic mass is 9.94. The summed E-state index contributed by atoms with van der Waals surface area (Å²) in [5.74, 6) is 0.135. The minimum atomic E-state index is -0.812. The highest BCUT2D eigenvalue weighted by atomic mass is 16.5. The molecular formula is C29H27NO6. The van der Waals surface area contributed by atoms with E-state index in [9.17, 15) is 14.7 Å². The highest BCUT2D eigenvalue weighted by Crippen LogP contribution is 2.43. The molecular weight excluding hydrogens is 458 g/mol. The number of ketones is 1. The average molecular weight is 486 g/mol. The smallest absolute Gasteiger partial charge is 0.295 e. The molecule has 0 aliphatic carbocycles. The number of carbonyl (C=O) groups excluding carboxylic acids is 2.